The number of primary sulfonamides is 1. The average molecular weight is 353 g/mol. The Kier molecular flexibility index (Phi) is 4.79. The summed E-state index contributed by atoms with van der Waals surface area (Å²) < 4.78 is 28.1. The van der Waals surface area contributed by atoms with Gasteiger partial charge in [-0.05, 0) is 18.6 Å². The molecule has 1 aromatic rings. The van der Waals surface area contributed by atoms with E-state index in [1.165, 1.54) is 17.0 Å². The summed E-state index contributed by atoms with van der Waals surface area (Å²) in [5.41, 5.74) is -0.0541. The molecular formula is C12H14Cl2N2O4S. The van der Waals surface area contributed by atoms with E-state index in [4.69, 9.17) is 33.1 Å². The molecule has 0 aromatic heterocycles. The summed E-state index contributed by atoms with van der Waals surface area (Å²) in [5, 5.41) is 4.90. The number of amides is 1. The fourth-order valence-electron chi connectivity index (χ4n) is 2.21. The topological polar surface area (TPSA) is 89.7 Å². The number of halogens is 2. The van der Waals surface area contributed by atoms with Crippen molar-refractivity contribution in [1.82, 2.24) is 4.90 Å². The molecule has 6 nitrogen and oxygen atoms in total. The molecular weight excluding hydrogens is 339 g/mol. The predicted molar refractivity (Wildman–Crippen MR) is 79.2 cm³/mol. The fraction of sp³-hybridized carbons (Fsp3) is 0.417. The molecule has 1 aliphatic rings. The SMILES string of the molecule is COC1CCN(C(=O)c2c(Cl)ccc(S(N)(=O)=O)c2Cl)C1. The van der Waals surface area contributed by atoms with Crippen LogP contribution < -0.4 is 5.14 Å². The van der Waals surface area contributed by atoms with Gasteiger partial charge in [0.2, 0.25) is 10.0 Å². The zero-order valence-corrected chi connectivity index (χ0v) is 13.5. The van der Waals surface area contributed by atoms with Crippen molar-refractivity contribution < 1.29 is 17.9 Å². The smallest absolute Gasteiger partial charge is 0.257 e. The summed E-state index contributed by atoms with van der Waals surface area (Å²) in [7, 11) is -2.46. The number of hydrogen-bond donors (Lipinski definition) is 1. The maximum absolute atomic E-state index is 12.5. The lowest BCUT2D eigenvalue weighted by atomic mass is 10.2. The molecule has 0 radical (unpaired) electrons. The van der Waals surface area contributed by atoms with Crippen molar-refractivity contribution in [3.05, 3.63) is 27.7 Å². The van der Waals surface area contributed by atoms with E-state index in [0.29, 0.717) is 19.5 Å². The standard InChI is InChI=1S/C12H14Cl2N2O4S/c1-20-7-4-5-16(6-7)12(17)10-8(13)2-3-9(11(10)14)21(15,18)19/h2-3,7H,4-6H2,1H3,(H2,15,18,19). The Bertz CT molecular complexity index is 678. The number of hydrogen-bond acceptors (Lipinski definition) is 4. The van der Waals surface area contributed by atoms with Crippen molar-refractivity contribution >= 4 is 39.1 Å². The minimum Gasteiger partial charge on any atom is -0.380 e. The van der Waals surface area contributed by atoms with Crippen LogP contribution in [0.15, 0.2) is 17.0 Å². The van der Waals surface area contributed by atoms with Crippen LogP contribution in [0.3, 0.4) is 0 Å². The van der Waals surface area contributed by atoms with Crippen LogP contribution in [0.4, 0.5) is 0 Å². The largest absolute Gasteiger partial charge is 0.380 e. The number of methoxy groups -OCH3 is 1. The molecule has 2 N–H and O–H groups in total. The molecule has 1 saturated heterocycles. The molecule has 9 heteroatoms. The molecule has 1 aromatic carbocycles. The van der Waals surface area contributed by atoms with E-state index in [1.807, 2.05) is 0 Å². The lowest BCUT2D eigenvalue weighted by molar-refractivity contribution is 0.0724. The van der Waals surface area contributed by atoms with E-state index in [9.17, 15) is 13.2 Å². The Balaban J connectivity index is 2.42. The molecule has 0 saturated carbocycles. The molecule has 116 valence electrons. The quantitative estimate of drug-likeness (QED) is 0.892. The van der Waals surface area contributed by atoms with Crippen molar-refractivity contribution in [2.45, 2.75) is 17.4 Å². The Morgan fingerprint density at radius 2 is 2.10 bits per heavy atom. The van der Waals surface area contributed by atoms with E-state index in [0.717, 1.165) is 0 Å². The number of rotatable bonds is 3. The summed E-state index contributed by atoms with van der Waals surface area (Å²) in [6, 6.07) is 2.48. The molecule has 2 rings (SSSR count). The van der Waals surface area contributed by atoms with Gasteiger partial charge >= 0.3 is 0 Å². The first-order valence-electron chi connectivity index (χ1n) is 6.08. The molecule has 0 bridgehead atoms. The van der Waals surface area contributed by atoms with Crippen LogP contribution in [0, 0.1) is 0 Å². The second-order valence-corrected chi connectivity index (χ2v) is 6.99. The highest BCUT2D eigenvalue weighted by molar-refractivity contribution is 7.89. The van der Waals surface area contributed by atoms with Gasteiger partial charge < -0.3 is 9.64 Å². The highest BCUT2D eigenvalue weighted by atomic mass is 35.5. The van der Waals surface area contributed by atoms with Gasteiger partial charge in [-0.2, -0.15) is 0 Å². The van der Waals surface area contributed by atoms with E-state index in [-0.39, 0.29) is 26.6 Å². The maximum atomic E-state index is 12.5. The zero-order chi connectivity index (χ0) is 15.8. The first-order valence-corrected chi connectivity index (χ1v) is 8.38. The number of benzene rings is 1. The summed E-state index contributed by atoms with van der Waals surface area (Å²) >= 11 is 12.0. The maximum Gasteiger partial charge on any atom is 0.257 e. The minimum atomic E-state index is -4.03. The van der Waals surface area contributed by atoms with Crippen molar-refractivity contribution in [1.29, 1.82) is 0 Å². The van der Waals surface area contributed by atoms with Crippen LogP contribution in [-0.2, 0) is 14.8 Å². The van der Waals surface area contributed by atoms with E-state index < -0.39 is 15.9 Å². The fourth-order valence-corrected chi connectivity index (χ4v) is 3.68. The van der Waals surface area contributed by atoms with Gasteiger partial charge in [0.15, 0.2) is 0 Å². The Labute approximate surface area is 132 Å². The van der Waals surface area contributed by atoms with E-state index in [2.05, 4.69) is 0 Å². The normalized spacial score (nSPS) is 19.0. The average Bonchev–Trinajstić information content (AvgIpc) is 2.85. The van der Waals surface area contributed by atoms with Crippen LogP contribution in [0.1, 0.15) is 16.8 Å². The van der Waals surface area contributed by atoms with Gasteiger partial charge in [-0.1, -0.05) is 23.2 Å². The van der Waals surface area contributed by atoms with Crippen LogP contribution in [0.25, 0.3) is 0 Å². The van der Waals surface area contributed by atoms with Crippen molar-refractivity contribution in [3.8, 4) is 0 Å². The number of carbonyl (C=O) groups excluding carboxylic acids is 1. The molecule has 1 fully saturated rings. The molecule has 1 atom stereocenters. The van der Waals surface area contributed by atoms with Gasteiger partial charge in [-0.3, -0.25) is 4.79 Å². The minimum absolute atomic E-state index is 0.0482. The second-order valence-electron chi connectivity index (χ2n) is 4.68. The first-order chi connectivity index (χ1) is 9.75. The molecule has 1 unspecified atom stereocenters. The van der Waals surface area contributed by atoms with Crippen molar-refractivity contribution in [2.24, 2.45) is 5.14 Å². The number of sulfonamides is 1. The van der Waals surface area contributed by atoms with E-state index >= 15 is 0 Å². The number of likely N-dealkylation sites (tertiary alicyclic amines) is 1. The summed E-state index contributed by atoms with van der Waals surface area (Å²) in [6.45, 7) is 0.894. The van der Waals surface area contributed by atoms with Gasteiger partial charge in [-0.15, -0.1) is 0 Å². The number of ether oxygens (including phenoxy) is 1. The van der Waals surface area contributed by atoms with Crippen LogP contribution in [-0.4, -0.2) is 45.5 Å². The third kappa shape index (κ3) is 3.32. The lowest BCUT2D eigenvalue weighted by Gasteiger charge is -2.18. The van der Waals surface area contributed by atoms with Crippen LogP contribution in [0.5, 0.6) is 0 Å². The van der Waals surface area contributed by atoms with Gasteiger partial charge in [0.05, 0.1) is 21.7 Å². The predicted octanol–water partition coefficient (Wildman–Crippen LogP) is 1.50. The monoisotopic (exact) mass is 352 g/mol. The second kappa shape index (κ2) is 6.10. The van der Waals surface area contributed by atoms with Gasteiger partial charge in [0, 0.05) is 20.2 Å². The third-order valence-corrected chi connectivity index (χ3v) is 5.11. The number of nitrogens with zero attached hydrogens (tertiary/aromatic N) is 1. The Morgan fingerprint density at radius 1 is 1.43 bits per heavy atom. The lowest BCUT2D eigenvalue weighted by Crippen LogP contribution is -2.30. The van der Waals surface area contributed by atoms with Gasteiger partial charge in [-0.25, -0.2) is 13.6 Å². The van der Waals surface area contributed by atoms with Crippen molar-refractivity contribution in [2.75, 3.05) is 20.2 Å². The Hall–Kier alpha value is -0.860. The van der Waals surface area contributed by atoms with E-state index in [1.54, 1.807) is 7.11 Å². The van der Waals surface area contributed by atoms with Crippen molar-refractivity contribution in [3.63, 3.8) is 0 Å². The molecule has 1 aliphatic heterocycles. The molecule has 0 spiro atoms. The molecule has 0 aliphatic carbocycles. The van der Waals surface area contributed by atoms with Gasteiger partial charge in [0.1, 0.15) is 4.90 Å². The number of carbonyl (C=O) groups is 1. The Morgan fingerprint density at radius 3 is 2.62 bits per heavy atom. The zero-order valence-electron chi connectivity index (χ0n) is 11.2. The van der Waals surface area contributed by atoms with Crippen LogP contribution >= 0.6 is 23.2 Å². The summed E-state index contributed by atoms with van der Waals surface area (Å²) in [5.74, 6) is -0.435. The van der Waals surface area contributed by atoms with Gasteiger partial charge in [0.25, 0.3) is 5.91 Å². The molecule has 1 amide bonds. The highest BCUT2D eigenvalue weighted by Crippen LogP contribution is 2.32. The summed E-state index contributed by atoms with van der Waals surface area (Å²) in [6.07, 6.45) is 0.653. The first kappa shape index (κ1) is 16.5. The molecule has 1 heterocycles. The van der Waals surface area contributed by atoms with Crippen LogP contribution in [0.2, 0.25) is 10.0 Å². The highest BCUT2D eigenvalue weighted by Gasteiger charge is 2.31. The number of nitrogens with two attached hydrogens (primary N) is 1. The molecule has 21 heavy (non-hydrogen) atoms. The summed E-state index contributed by atoms with van der Waals surface area (Å²) in [4.78, 5) is 13.7. The third-order valence-electron chi connectivity index (χ3n) is 3.34.